The lowest BCUT2D eigenvalue weighted by molar-refractivity contribution is 0.419. The van der Waals surface area contributed by atoms with Gasteiger partial charge in [-0.1, -0.05) is 11.6 Å². The molecule has 0 amide bonds. The van der Waals surface area contributed by atoms with Crippen molar-refractivity contribution in [3.05, 3.63) is 29.5 Å². The second kappa shape index (κ2) is 2.72. The first-order valence-corrected chi connectivity index (χ1v) is 3.90. The third-order valence-corrected chi connectivity index (χ3v) is 1.94. The second-order valence-electron chi connectivity index (χ2n) is 2.44. The minimum Gasteiger partial charge on any atom is -0.496 e. The molecule has 0 saturated carbocycles. The number of fused-ring (bicyclic) bond motifs is 1. The Balaban J connectivity index is 2.80. The number of halogens is 1. The van der Waals surface area contributed by atoms with Crippen LogP contribution in [-0.2, 0) is 0 Å². The van der Waals surface area contributed by atoms with Crippen molar-refractivity contribution in [1.29, 1.82) is 0 Å². The van der Waals surface area contributed by atoms with E-state index in [1.807, 2.05) is 6.07 Å². The highest BCUT2D eigenvalue weighted by molar-refractivity contribution is 6.31. The van der Waals surface area contributed by atoms with E-state index in [1.165, 1.54) is 0 Å². The molecule has 0 aliphatic carbocycles. The second-order valence-corrected chi connectivity index (χ2v) is 2.88. The number of rotatable bonds is 1. The molecule has 0 fully saturated rings. The van der Waals surface area contributed by atoms with Crippen LogP contribution < -0.4 is 4.74 Å². The van der Waals surface area contributed by atoms with Gasteiger partial charge in [-0.2, -0.15) is 0 Å². The van der Waals surface area contributed by atoms with E-state index in [0.717, 1.165) is 16.7 Å². The molecular formula is C9H7ClO2. The van der Waals surface area contributed by atoms with E-state index >= 15 is 0 Å². The fraction of sp³-hybridized carbons (Fsp3) is 0.111. The largest absolute Gasteiger partial charge is 0.496 e. The molecule has 0 N–H and O–H groups in total. The van der Waals surface area contributed by atoms with E-state index in [0.29, 0.717) is 5.02 Å². The molecule has 12 heavy (non-hydrogen) atoms. The van der Waals surface area contributed by atoms with E-state index < -0.39 is 0 Å². The van der Waals surface area contributed by atoms with E-state index in [1.54, 1.807) is 25.5 Å². The summed E-state index contributed by atoms with van der Waals surface area (Å²) >= 11 is 5.82. The Hall–Kier alpha value is -1.15. The van der Waals surface area contributed by atoms with E-state index in [9.17, 15) is 0 Å². The summed E-state index contributed by atoms with van der Waals surface area (Å²) in [7, 11) is 1.61. The van der Waals surface area contributed by atoms with Crippen molar-refractivity contribution in [2.24, 2.45) is 0 Å². The molecule has 2 rings (SSSR count). The number of furan rings is 1. The molecule has 0 spiro atoms. The van der Waals surface area contributed by atoms with Gasteiger partial charge in [0.2, 0.25) is 0 Å². The van der Waals surface area contributed by atoms with Crippen LogP contribution in [0.25, 0.3) is 11.0 Å². The van der Waals surface area contributed by atoms with Crippen LogP contribution in [0, 0.1) is 0 Å². The third kappa shape index (κ3) is 1.04. The normalized spacial score (nSPS) is 10.5. The average Bonchev–Trinajstić information content (AvgIpc) is 2.50. The van der Waals surface area contributed by atoms with E-state index in [-0.39, 0.29) is 0 Å². The summed E-state index contributed by atoms with van der Waals surface area (Å²) in [6, 6.07) is 5.38. The summed E-state index contributed by atoms with van der Waals surface area (Å²) < 4.78 is 10.3. The van der Waals surface area contributed by atoms with Crippen LogP contribution in [0.15, 0.2) is 28.9 Å². The first-order valence-electron chi connectivity index (χ1n) is 3.52. The predicted octanol–water partition coefficient (Wildman–Crippen LogP) is 3.09. The summed E-state index contributed by atoms with van der Waals surface area (Å²) in [6.07, 6.45) is 1.61. The topological polar surface area (TPSA) is 22.4 Å². The van der Waals surface area contributed by atoms with Gasteiger partial charge in [0.1, 0.15) is 11.3 Å². The molecule has 0 unspecified atom stereocenters. The van der Waals surface area contributed by atoms with Gasteiger partial charge in [-0.15, -0.1) is 0 Å². The zero-order valence-electron chi connectivity index (χ0n) is 6.50. The Morgan fingerprint density at radius 2 is 2.25 bits per heavy atom. The number of hydrogen-bond acceptors (Lipinski definition) is 2. The summed E-state index contributed by atoms with van der Waals surface area (Å²) in [5.41, 5.74) is 0.749. The average molecular weight is 183 g/mol. The molecule has 2 aromatic rings. The van der Waals surface area contributed by atoms with Crippen molar-refractivity contribution in [3.8, 4) is 5.75 Å². The van der Waals surface area contributed by atoms with Crippen LogP contribution in [0.1, 0.15) is 0 Å². The standard InChI is InChI=1S/C9H7ClO2/c1-11-8-4-6(10)5-9-7(8)2-3-12-9/h2-5H,1H3. The zero-order valence-corrected chi connectivity index (χ0v) is 7.26. The minimum atomic E-state index is 0.620. The first-order chi connectivity index (χ1) is 5.81. The highest BCUT2D eigenvalue weighted by Crippen LogP contribution is 2.30. The number of hydrogen-bond donors (Lipinski definition) is 0. The lowest BCUT2D eigenvalue weighted by Gasteiger charge is -2.00. The van der Waals surface area contributed by atoms with Crippen molar-refractivity contribution in [2.45, 2.75) is 0 Å². The SMILES string of the molecule is COc1cc(Cl)cc2occc12. The maximum absolute atomic E-state index is 5.82. The van der Waals surface area contributed by atoms with Crippen molar-refractivity contribution in [2.75, 3.05) is 7.11 Å². The summed E-state index contributed by atoms with van der Waals surface area (Å²) in [6.45, 7) is 0. The molecule has 0 radical (unpaired) electrons. The first kappa shape index (κ1) is 7.50. The van der Waals surface area contributed by atoms with Crippen LogP contribution in [0.2, 0.25) is 5.02 Å². The van der Waals surface area contributed by atoms with Crippen LogP contribution >= 0.6 is 11.6 Å². The maximum Gasteiger partial charge on any atom is 0.139 e. The quantitative estimate of drug-likeness (QED) is 0.676. The monoisotopic (exact) mass is 182 g/mol. The van der Waals surface area contributed by atoms with Crippen LogP contribution in [0.4, 0.5) is 0 Å². The highest BCUT2D eigenvalue weighted by Gasteiger charge is 2.04. The third-order valence-electron chi connectivity index (χ3n) is 1.72. The Labute approximate surface area is 74.7 Å². The number of benzene rings is 1. The molecule has 1 heterocycles. The van der Waals surface area contributed by atoms with E-state index in [2.05, 4.69) is 0 Å². The smallest absolute Gasteiger partial charge is 0.139 e. The van der Waals surface area contributed by atoms with Crippen molar-refractivity contribution in [3.63, 3.8) is 0 Å². The number of ether oxygens (including phenoxy) is 1. The van der Waals surface area contributed by atoms with Gasteiger partial charge in [-0.05, 0) is 12.1 Å². The lowest BCUT2D eigenvalue weighted by atomic mass is 10.2. The zero-order chi connectivity index (χ0) is 8.55. The molecule has 62 valence electrons. The minimum absolute atomic E-state index is 0.620. The Morgan fingerprint density at radius 1 is 1.42 bits per heavy atom. The Kier molecular flexibility index (Phi) is 1.70. The summed E-state index contributed by atoms with van der Waals surface area (Å²) in [5, 5.41) is 1.57. The van der Waals surface area contributed by atoms with Gasteiger partial charge in [0.05, 0.1) is 18.8 Å². The van der Waals surface area contributed by atoms with Crippen molar-refractivity contribution < 1.29 is 9.15 Å². The van der Waals surface area contributed by atoms with Crippen molar-refractivity contribution in [1.82, 2.24) is 0 Å². The van der Waals surface area contributed by atoms with Gasteiger partial charge in [-0.3, -0.25) is 0 Å². The molecule has 1 aromatic heterocycles. The van der Waals surface area contributed by atoms with Gasteiger partial charge < -0.3 is 9.15 Å². The molecule has 0 bridgehead atoms. The Morgan fingerprint density at radius 3 is 3.00 bits per heavy atom. The van der Waals surface area contributed by atoms with Crippen LogP contribution in [-0.4, -0.2) is 7.11 Å². The summed E-state index contributed by atoms with van der Waals surface area (Å²) in [5.74, 6) is 0.742. The van der Waals surface area contributed by atoms with Gasteiger partial charge in [0.15, 0.2) is 0 Å². The van der Waals surface area contributed by atoms with Gasteiger partial charge in [0.25, 0.3) is 0 Å². The molecule has 1 aromatic carbocycles. The number of methoxy groups -OCH3 is 1. The van der Waals surface area contributed by atoms with Crippen molar-refractivity contribution >= 4 is 22.6 Å². The van der Waals surface area contributed by atoms with Gasteiger partial charge in [-0.25, -0.2) is 0 Å². The fourth-order valence-corrected chi connectivity index (χ4v) is 1.37. The lowest BCUT2D eigenvalue weighted by Crippen LogP contribution is -1.82. The fourth-order valence-electron chi connectivity index (χ4n) is 1.18. The van der Waals surface area contributed by atoms with Crippen LogP contribution in [0.5, 0.6) is 5.75 Å². The molecule has 0 atom stereocenters. The maximum atomic E-state index is 5.82. The van der Waals surface area contributed by atoms with Gasteiger partial charge >= 0.3 is 0 Å². The highest BCUT2D eigenvalue weighted by atomic mass is 35.5. The van der Waals surface area contributed by atoms with Gasteiger partial charge in [0, 0.05) is 11.1 Å². The molecule has 0 aliphatic heterocycles. The Bertz CT molecular complexity index is 406. The molecule has 0 aliphatic rings. The molecular weight excluding hydrogens is 176 g/mol. The predicted molar refractivity (Wildman–Crippen MR) is 47.8 cm³/mol. The van der Waals surface area contributed by atoms with Crippen LogP contribution in [0.3, 0.4) is 0 Å². The molecule has 2 nitrogen and oxygen atoms in total. The molecule has 0 saturated heterocycles. The molecule has 3 heteroatoms. The van der Waals surface area contributed by atoms with E-state index in [4.69, 9.17) is 20.8 Å². The summed E-state index contributed by atoms with van der Waals surface area (Å²) in [4.78, 5) is 0.